The Balaban J connectivity index is 2.18. The van der Waals surface area contributed by atoms with E-state index < -0.39 is 13.8 Å². The highest BCUT2D eigenvalue weighted by atomic mass is 28.4. The number of rotatable bonds is 9. The van der Waals surface area contributed by atoms with Crippen LogP contribution in [0.5, 0.6) is 0 Å². The maximum atomic E-state index is 6.21. The van der Waals surface area contributed by atoms with Gasteiger partial charge in [-0.15, -0.1) is 0 Å². The molecule has 2 aliphatic rings. The Bertz CT molecular complexity index is 312. The Morgan fingerprint density at radius 1 is 1.14 bits per heavy atom. The van der Waals surface area contributed by atoms with Crippen LogP contribution in [-0.4, -0.2) is 59.0 Å². The molecule has 21 heavy (non-hydrogen) atoms. The highest BCUT2D eigenvalue weighted by molar-refractivity contribution is 6.71. The minimum absolute atomic E-state index is 0.0279. The molecule has 2 heterocycles. The lowest BCUT2D eigenvalue weighted by atomic mass is 10.1. The topological polar surface area (TPSA) is 49.5 Å². The van der Waals surface area contributed by atoms with Gasteiger partial charge in [0.05, 0.1) is 19.3 Å². The van der Waals surface area contributed by atoms with Gasteiger partial charge in [-0.25, -0.2) is 0 Å². The van der Waals surface area contributed by atoms with E-state index in [0.717, 1.165) is 25.5 Å². The summed E-state index contributed by atoms with van der Waals surface area (Å²) in [6.45, 7) is 11.6. The van der Waals surface area contributed by atoms with Crippen molar-refractivity contribution in [3.63, 3.8) is 0 Å². The minimum Gasteiger partial charge on any atom is -0.393 e. The highest BCUT2D eigenvalue weighted by Crippen LogP contribution is 2.42. The van der Waals surface area contributed by atoms with Gasteiger partial charge in [-0.05, 0) is 46.6 Å². The first-order valence-electron chi connectivity index (χ1n) is 8.27. The number of hydrogen-bond acceptors (Lipinski definition) is 5. The van der Waals surface area contributed by atoms with Crippen LogP contribution in [0.1, 0.15) is 40.5 Å². The Hall–Kier alpha value is 0.0169. The lowest BCUT2D eigenvalue weighted by Gasteiger charge is -2.51. The second-order valence-corrected chi connectivity index (χ2v) is 9.40. The van der Waals surface area contributed by atoms with E-state index in [1.807, 2.05) is 20.8 Å². The van der Waals surface area contributed by atoms with Crippen LogP contribution in [-0.2, 0) is 23.1 Å². The number of hydrogen-bond donors (Lipinski definition) is 0. The van der Waals surface area contributed by atoms with Gasteiger partial charge >= 0.3 is 8.56 Å². The summed E-state index contributed by atoms with van der Waals surface area (Å²) in [5.41, 5.74) is 0. The molecule has 0 bridgehead atoms. The zero-order chi connectivity index (χ0) is 15.3. The molecule has 0 N–H and O–H groups in total. The molecule has 0 saturated carbocycles. The standard InChI is InChI=1S/C15H30O5Si/c1-5-18-15(4)14(17-12-13-11-16-13)9-8-10-21(15,19-6-2)20-7-3/h13-14H,5-12H2,1-4H3. The van der Waals surface area contributed by atoms with Gasteiger partial charge in [0, 0.05) is 19.8 Å². The molecular formula is C15H30O5Si. The van der Waals surface area contributed by atoms with Crippen LogP contribution >= 0.6 is 0 Å². The molecular weight excluding hydrogens is 288 g/mol. The van der Waals surface area contributed by atoms with E-state index in [1.54, 1.807) is 0 Å². The van der Waals surface area contributed by atoms with Crippen LogP contribution in [0.15, 0.2) is 0 Å². The Morgan fingerprint density at radius 2 is 1.81 bits per heavy atom. The predicted molar refractivity (Wildman–Crippen MR) is 82.6 cm³/mol. The van der Waals surface area contributed by atoms with Crippen molar-refractivity contribution in [2.45, 2.75) is 64.0 Å². The van der Waals surface area contributed by atoms with Gasteiger partial charge in [0.15, 0.2) is 0 Å². The summed E-state index contributed by atoms with van der Waals surface area (Å²) >= 11 is 0. The molecule has 0 aromatic carbocycles. The van der Waals surface area contributed by atoms with Gasteiger partial charge in [-0.3, -0.25) is 0 Å². The SMILES string of the molecule is CCOC1(C)C(OCC2CO2)CCC[Si]1(OCC)OCC. The molecule has 0 aromatic heterocycles. The van der Waals surface area contributed by atoms with Gasteiger partial charge in [-0.1, -0.05) is 0 Å². The second-order valence-electron chi connectivity index (χ2n) is 5.83. The van der Waals surface area contributed by atoms with Crippen LogP contribution in [0, 0.1) is 0 Å². The van der Waals surface area contributed by atoms with Crippen LogP contribution in [0.2, 0.25) is 6.04 Å². The van der Waals surface area contributed by atoms with Crippen LogP contribution in [0.3, 0.4) is 0 Å². The van der Waals surface area contributed by atoms with Crippen molar-refractivity contribution in [1.29, 1.82) is 0 Å². The third-order valence-corrected chi connectivity index (χ3v) is 8.93. The van der Waals surface area contributed by atoms with E-state index in [1.165, 1.54) is 0 Å². The largest absolute Gasteiger partial charge is 0.393 e. The van der Waals surface area contributed by atoms with Gasteiger partial charge in [0.25, 0.3) is 0 Å². The fourth-order valence-corrected chi connectivity index (χ4v) is 7.49. The van der Waals surface area contributed by atoms with Gasteiger partial charge in [0.2, 0.25) is 0 Å². The second kappa shape index (κ2) is 7.52. The smallest absolute Gasteiger partial charge is 0.373 e. The average molecular weight is 318 g/mol. The zero-order valence-corrected chi connectivity index (χ0v) is 14.9. The molecule has 0 aliphatic carbocycles. The van der Waals surface area contributed by atoms with Crippen LogP contribution < -0.4 is 0 Å². The summed E-state index contributed by atoms with van der Waals surface area (Å²) in [7, 11) is -2.46. The van der Waals surface area contributed by atoms with Crippen molar-refractivity contribution >= 4 is 8.56 Å². The molecule has 124 valence electrons. The number of ether oxygens (including phenoxy) is 3. The first kappa shape index (κ1) is 17.4. The maximum absolute atomic E-state index is 6.21. The summed E-state index contributed by atoms with van der Waals surface area (Å²) in [6.07, 6.45) is 2.37. The molecule has 5 nitrogen and oxygen atoms in total. The zero-order valence-electron chi connectivity index (χ0n) is 13.9. The van der Waals surface area contributed by atoms with Crippen LogP contribution in [0.25, 0.3) is 0 Å². The van der Waals surface area contributed by atoms with Crippen molar-refractivity contribution < 1.29 is 23.1 Å². The van der Waals surface area contributed by atoms with Gasteiger partial charge in [-0.2, -0.15) is 0 Å². The molecule has 2 rings (SSSR count). The van der Waals surface area contributed by atoms with Gasteiger partial charge < -0.3 is 23.1 Å². The lowest BCUT2D eigenvalue weighted by molar-refractivity contribution is -0.127. The van der Waals surface area contributed by atoms with E-state index in [4.69, 9.17) is 23.1 Å². The van der Waals surface area contributed by atoms with Crippen LogP contribution in [0.4, 0.5) is 0 Å². The molecule has 3 unspecified atom stereocenters. The minimum atomic E-state index is -2.46. The van der Waals surface area contributed by atoms with Crippen molar-refractivity contribution in [3.05, 3.63) is 0 Å². The quantitative estimate of drug-likeness (QED) is 0.483. The molecule has 6 heteroatoms. The van der Waals surface area contributed by atoms with Crippen molar-refractivity contribution in [1.82, 2.24) is 0 Å². The Morgan fingerprint density at radius 3 is 2.33 bits per heavy atom. The number of epoxide rings is 1. The summed E-state index contributed by atoms with van der Waals surface area (Å²) in [5, 5.41) is -0.457. The molecule has 2 aliphatic heterocycles. The normalized spacial score (nSPS) is 34.9. The monoisotopic (exact) mass is 318 g/mol. The highest BCUT2D eigenvalue weighted by Gasteiger charge is 2.62. The van der Waals surface area contributed by atoms with Crippen molar-refractivity contribution in [2.24, 2.45) is 0 Å². The maximum Gasteiger partial charge on any atom is 0.373 e. The van der Waals surface area contributed by atoms with E-state index in [0.29, 0.717) is 26.4 Å². The molecule has 0 amide bonds. The third-order valence-electron chi connectivity index (χ3n) is 4.43. The van der Waals surface area contributed by atoms with Gasteiger partial charge in [0.1, 0.15) is 11.3 Å². The summed E-state index contributed by atoms with van der Waals surface area (Å²) in [5.74, 6) is 0. The molecule has 0 radical (unpaired) electrons. The summed E-state index contributed by atoms with van der Waals surface area (Å²) in [6, 6.07) is 0.977. The van der Waals surface area contributed by atoms with Crippen molar-refractivity contribution in [3.8, 4) is 0 Å². The molecule has 2 fully saturated rings. The fraction of sp³-hybridized carbons (Fsp3) is 1.00. The first-order chi connectivity index (χ1) is 10.1. The predicted octanol–water partition coefficient (Wildman–Crippen LogP) is 2.41. The average Bonchev–Trinajstić information content (AvgIpc) is 3.26. The Labute approximate surface area is 129 Å². The van der Waals surface area contributed by atoms with E-state index in [-0.39, 0.29) is 12.2 Å². The summed E-state index contributed by atoms with van der Waals surface area (Å²) in [4.78, 5) is 0. The van der Waals surface area contributed by atoms with E-state index in [9.17, 15) is 0 Å². The fourth-order valence-electron chi connectivity index (χ4n) is 3.36. The third kappa shape index (κ3) is 3.68. The first-order valence-corrected chi connectivity index (χ1v) is 10.3. The molecule has 0 aromatic rings. The Kier molecular flexibility index (Phi) is 6.22. The molecule has 0 spiro atoms. The lowest BCUT2D eigenvalue weighted by Crippen LogP contribution is -2.70. The molecule has 2 saturated heterocycles. The van der Waals surface area contributed by atoms with E-state index in [2.05, 4.69) is 6.92 Å². The summed E-state index contributed by atoms with van der Waals surface area (Å²) < 4.78 is 30.0. The van der Waals surface area contributed by atoms with E-state index >= 15 is 0 Å². The molecule has 3 atom stereocenters. The van der Waals surface area contributed by atoms with Crippen molar-refractivity contribution in [2.75, 3.05) is 33.0 Å².